The monoisotopic (exact) mass is 694 g/mol. The zero-order valence-electron chi connectivity index (χ0n) is 30.1. The first-order valence-corrected chi connectivity index (χ1v) is 34.7. The molecule has 4 bridgehead atoms. The van der Waals surface area contributed by atoms with Crippen LogP contribution >= 0.6 is 0 Å². The van der Waals surface area contributed by atoms with Crippen LogP contribution in [-0.4, -0.2) is 43.9 Å². The van der Waals surface area contributed by atoms with Crippen LogP contribution in [0.15, 0.2) is 102 Å². The molecule has 1 nitrogen and oxygen atoms in total. The van der Waals surface area contributed by atoms with E-state index in [0.29, 0.717) is 0 Å². The highest BCUT2D eigenvalue weighted by Crippen LogP contribution is 2.72. The number of rotatable bonds is 9. The summed E-state index contributed by atoms with van der Waals surface area (Å²) in [6, 6.07) is 35.5. The molecule has 0 aromatic heterocycles. The molecule has 46 heavy (non-hydrogen) atoms. The maximum atomic E-state index is 8.53. The molecule has 1 atom stereocenters. The molecule has 6 heteroatoms. The van der Waals surface area contributed by atoms with Crippen LogP contribution in [0.3, 0.4) is 0 Å². The molecule has 3 aromatic carbocycles. The van der Waals surface area contributed by atoms with Crippen LogP contribution in [0.1, 0.15) is 38.5 Å². The van der Waals surface area contributed by atoms with E-state index in [2.05, 4.69) is 156 Å². The molecule has 1 aliphatic heterocycles. The summed E-state index contributed by atoms with van der Waals surface area (Å²) in [5.74, 6) is 2.68. The Labute approximate surface area is 285 Å². The van der Waals surface area contributed by atoms with Gasteiger partial charge in [-0.15, -0.1) is 0 Å². The molecule has 244 valence electrons. The van der Waals surface area contributed by atoms with E-state index in [4.69, 9.17) is 4.43 Å². The van der Waals surface area contributed by atoms with Crippen molar-refractivity contribution in [2.24, 2.45) is 23.2 Å². The molecule has 0 saturated heterocycles. The molecule has 3 aromatic rings. The van der Waals surface area contributed by atoms with E-state index in [9.17, 15) is 0 Å². The van der Waals surface area contributed by atoms with Crippen LogP contribution in [0.4, 0.5) is 0 Å². The van der Waals surface area contributed by atoms with E-state index < -0.39 is 38.7 Å². The third-order valence-electron chi connectivity index (χ3n) is 12.9. The summed E-state index contributed by atoms with van der Waals surface area (Å²) in [6.45, 7) is 24.3. The lowest BCUT2D eigenvalue weighted by molar-refractivity contribution is -0.122. The zero-order chi connectivity index (χ0) is 32.8. The summed E-state index contributed by atoms with van der Waals surface area (Å²) in [6.07, 6.45) is 8.67. The van der Waals surface area contributed by atoms with Gasteiger partial charge in [-0.05, 0) is 102 Å². The Hall–Kier alpha value is -1.56. The summed E-state index contributed by atoms with van der Waals surface area (Å²) in [7, 11) is -10.3. The SMILES string of the molecule is C[Si](C)(C)OC1(C23CC4CC(CC(C4)C2)C3)C([Si](c2ccccc2)(c2ccccc2)c2ccccc2)=C[Si]1([Si](C)(C)C)[Si](C)(C)C. The minimum Gasteiger partial charge on any atom is -0.411 e. The van der Waals surface area contributed by atoms with Crippen molar-refractivity contribution in [1.82, 2.24) is 0 Å². The van der Waals surface area contributed by atoms with Crippen LogP contribution in [0.5, 0.6) is 0 Å². The van der Waals surface area contributed by atoms with Gasteiger partial charge in [0.25, 0.3) is 0 Å². The minimum atomic E-state index is -2.74. The van der Waals surface area contributed by atoms with Crippen molar-refractivity contribution in [3.05, 3.63) is 102 Å². The first-order chi connectivity index (χ1) is 21.6. The summed E-state index contributed by atoms with van der Waals surface area (Å²) >= 11 is 0. The zero-order valence-corrected chi connectivity index (χ0v) is 35.1. The van der Waals surface area contributed by atoms with Crippen LogP contribution in [-0.2, 0) is 4.43 Å². The predicted molar refractivity (Wildman–Crippen MR) is 212 cm³/mol. The van der Waals surface area contributed by atoms with Gasteiger partial charge in [0, 0.05) is 15.2 Å². The van der Waals surface area contributed by atoms with Crippen LogP contribution in [0.2, 0.25) is 58.9 Å². The van der Waals surface area contributed by atoms with E-state index in [1.54, 1.807) is 20.8 Å². The summed E-state index contributed by atoms with van der Waals surface area (Å²) in [4.78, 5) is 0. The highest BCUT2D eigenvalue weighted by atomic mass is 29.6. The van der Waals surface area contributed by atoms with E-state index in [1.165, 1.54) is 38.5 Å². The van der Waals surface area contributed by atoms with E-state index in [-0.39, 0.29) is 10.6 Å². The molecule has 4 fully saturated rings. The normalized spacial score (nSPS) is 30.5. The first kappa shape index (κ1) is 33.0. The lowest BCUT2D eigenvalue weighted by Crippen LogP contribution is -2.96. The van der Waals surface area contributed by atoms with Crippen molar-refractivity contribution in [3.63, 3.8) is 0 Å². The van der Waals surface area contributed by atoms with Crippen molar-refractivity contribution in [2.75, 3.05) is 0 Å². The third-order valence-corrected chi connectivity index (χ3v) is 57.6. The average molecular weight is 695 g/mol. The largest absolute Gasteiger partial charge is 0.411 e. The highest BCUT2D eigenvalue weighted by molar-refractivity contribution is 7.73. The molecule has 8 rings (SSSR count). The summed E-state index contributed by atoms with van der Waals surface area (Å²) in [5.41, 5.74) is 3.42. The van der Waals surface area contributed by atoms with Gasteiger partial charge < -0.3 is 4.43 Å². The fraction of sp³-hybridized carbons (Fsp3) is 0.500. The number of hydrogen-bond donors (Lipinski definition) is 0. The maximum absolute atomic E-state index is 8.53. The number of benzene rings is 3. The quantitative estimate of drug-likeness (QED) is 0.161. The summed E-state index contributed by atoms with van der Waals surface area (Å²) < 4.78 is 8.53. The molecular weight excluding hydrogens is 637 g/mol. The van der Waals surface area contributed by atoms with E-state index in [1.807, 2.05) is 0 Å². The topological polar surface area (TPSA) is 9.23 Å². The van der Waals surface area contributed by atoms with Crippen molar-refractivity contribution in [2.45, 2.75) is 103 Å². The standard InChI is InChI=1S/C40H58OSi5/c1-42(2,3)41-40(39-28-32-25-33(29-39)27-34(26-32)30-39)38(31-45(40,43(4,5)6)44(7,8)9)46(35-19-13-10-14-20-35,36-21-15-11-16-22-36)37-23-17-12-18-24-37/h10-24,31-34H,25-30H2,1-9H3. The summed E-state index contributed by atoms with van der Waals surface area (Å²) in [5, 5.41) is 6.33. The highest BCUT2D eigenvalue weighted by Gasteiger charge is 2.82. The van der Waals surface area contributed by atoms with Crippen molar-refractivity contribution >= 4 is 54.2 Å². The molecule has 5 aliphatic rings. The molecule has 0 amide bonds. The van der Waals surface area contributed by atoms with E-state index in [0.717, 1.165) is 17.8 Å². The third kappa shape index (κ3) is 4.56. The smallest absolute Gasteiger partial charge is 0.184 e. The number of hydrogen-bond acceptors (Lipinski definition) is 1. The second kappa shape index (κ2) is 11.0. The Bertz CT molecular complexity index is 1450. The van der Waals surface area contributed by atoms with Gasteiger partial charge in [-0.2, -0.15) is 0 Å². The van der Waals surface area contributed by atoms with Gasteiger partial charge in [0.15, 0.2) is 16.4 Å². The van der Waals surface area contributed by atoms with Gasteiger partial charge in [0.2, 0.25) is 0 Å². The van der Waals surface area contributed by atoms with Gasteiger partial charge in [-0.3, -0.25) is 0 Å². The molecule has 1 unspecified atom stereocenters. The molecule has 4 saturated carbocycles. The first-order valence-electron chi connectivity index (χ1n) is 18.2. The Morgan fingerprint density at radius 1 is 0.543 bits per heavy atom. The van der Waals surface area contributed by atoms with Crippen LogP contribution < -0.4 is 15.6 Å². The second-order valence-electron chi connectivity index (χ2n) is 18.8. The lowest BCUT2D eigenvalue weighted by atomic mass is 9.48. The Morgan fingerprint density at radius 3 is 1.20 bits per heavy atom. The van der Waals surface area contributed by atoms with Gasteiger partial charge in [-0.1, -0.05) is 136 Å². The van der Waals surface area contributed by atoms with Crippen LogP contribution in [0, 0.1) is 23.2 Å². The van der Waals surface area contributed by atoms with Gasteiger partial charge in [0.1, 0.15) is 7.11 Å². The maximum Gasteiger partial charge on any atom is 0.184 e. The lowest BCUT2D eigenvalue weighted by Gasteiger charge is -2.78. The molecule has 1 heterocycles. The predicted octanol–water partition coefficient (Wildman–Crippen LogP) is 8.80. The average Bonchev–Trinajstić information content (AvgIpc) is 2.96. The fourth-order valence-corrected chi connectivity index (χ4v) is 72.2. The molecule has 0 N–H and O–H groups in total. The fourth-order valence-electron chi connectivity index (χ4n) is 12.5. The van der Waals surface area contributed by atoms with Crippen molar-refractivity contribution in [1.29, 1.82) is 0 Å². The second-order valence-corrected chi connectivity index (χ2v) is 53.8. The minimum absolute atomic E-state index is 0.0941. The van der Waals surface area contributed by atoms with Gasteiger partial charge in [0.05, 0.1) is 5.22 Å². The Morgan fingerprint density at radius 2 is 0.891 bits per heavy atom. The molecule has 0 radical (unpaired) electrons. The van der Waals surface area contributed by atoms with Crippen molar-refractivity contribution < 1.29 is 4.43 Å². The molecule has 4 aliphatic carbocycles. The van der Waals surface area contributed by atoms with Gasteiger partial charge in [-0.25, -0.2) is 0 Å². The Balaban J connectivity index is 1.68. The molecule has 0 spiro atoms. The van der Waals surface area contributed by atoms with Crippen LogP contribution in [0.25, 0.3) is 0 Å². The molecular formula is C40H58OSi5. The van der Waals surface area contributed by atoms with Crippen molar-refractivity contribution in [3.8, 4) is 0 Å². The van der Waals surface area contributed by atoms with E-state index >= 15 is 0 Å². The van der Waals surface area contributed by atoms with Gasteiger partial charge >= 0.3 is 0 Å². The Kier molecular flexibility index (Phi) is 7.87.